The summed E-state index contributed by atoms with van der Waals surface area (Å²) >= 11 is 6.07. The van der Waals surface area contributed by atoms with Crippen LogP contribution in [0.15, 0.2) is 60.1 Å². The van der Waals surface area contributed by atoms with Gasteiger partial charge in [-0.05, 0) is 30.7 Å². The van der Waals surface area contributed by atoms with E-state index in [-0.39, 0.29) is 6.04 Å². The van der Waals surface area contributed by atoms with Crippen LogP contribution < -0.4 is 0 Å². The van der Waals surface area contributed by atoms with E-state index in [1.807, 2.05) is 39.6 Å². The predicted octanol–water partition coefficient (Wildman–Crippen LogP) is 3.77. The van der Waals surface area contributed by atoms with Gasteiger partial charge in [0.2, 0.25) is 0 Å². The van der Waals surface area contributed by atoms with Gasteiger partial charge >= 0.3 is 0 Å². The number of H-pyrrole nitrogens is 1. The molecule has 172 valence electrons. The Labute approximate surface area is 200 Å². The molecule has 0 saturated carbocycles. The third kappa shape index (κ3) is 4.72. The molecule has 0 bridgehead atoms. The van der Waals surface area contributed by atoms with E-state index in [1.165, 1.54) is 0 Å². The maximum absolute atomic E-state index is 12.9. The lowest BCUT2D eigenvalue weighted by Crippen LogP contribution is -2.48. The minimum absolute atomic E-state index is 0.257. The average molecular weight is 484 g/mol. The van der Waals surface area contributed by atoms with Gasteiger partial charge < -0.3 is 4.98 Å². The van der Waals surface area contributed by atoms with Crippen molar-refractivity contribution in [1.82, 2.24) is 33.9 Å². The van der Waals surface area contributed by atoms with E-state index in [2.05, 4.69) is 38.1 Å². The highest BCUT2D eigenvalue weighted by Crippen LogP contribution is 2.26. The molecule has 1 N–H and O–H groups in total. The second-order valence-electron chi connectivity index (χ2n) is 8.17. The van der Waals surface area contributed by atoms with Crippen molar-refractivity contribution in [3.05, 3.63) is 60.3 Å². The summed E-state index contributed by atoms with van der Waals surface area (Å²) in [6.45, 7) is 6.34. The third-order valence-electron chi connectivity index (χ3n) is 6.11. The van der Waals surface area contributed by atoms with Crippen molar-refractivity contribution >= 4 is 33.6 Å². The van der Waals surface area contributed by atoms with E-state index in [1.54, 1.807) is 18.5 Å². The van der Waals surface area contributed by atoms with Crippen LogP contribution in [-0.2, 0) is 11.0 Å². The highest BCUT2D eigenvalue weighted by molar-refractivity contribution is 7.82. The number of aromatic nitrogens is 5. The van der Waals surface area contributed by atoms with Crippen LogP contribution in [0.3, 0.4) is 0 Å². The molecule has 3 aromatic heterocycles. The Bertz CT molecular complexity index is 1260. The van der Waals surface area contributed by atoms with Crippen LogP contribution in [0.2, 0.25) is 5.02 Å². The lowest BCUT2D eigenvalue weighted by Gasteiger charge is -2.35. The number of hydrogen-bond donors (Lipinski definition) is 1. The molecule has 1 aromatic carbocycles. The van der Waals surface area contributed by atoms with Crippen LogP contribution in [0, 0.1) is 0 Å². The normalized spacial score (nSPS) is 17.4. The number of aromatic amines is 1. The van der Waals surface area contributed by atoms with Crippen LogP contribution in [-0.4, -0.2) is 70.9 Å². The van der Waals surface area contributed by atoms with E-state index < -0.39 is 11.0 Å². The molecule has 33 heavy (non-hydrogen) atoms. The lowest BCUT2D eigenvalue weighted by atomic mass is 10.1. The van der Waals surface area contributed by atoms with Gasteiger partial charge in [0.1, 0.15) is 23.0 Å². The first-order valence-electron chi connectivity index (χ1n) is 11.1. The summed E-state index contributed by atoms with van der Waals surface area (Å²) in [6, 6.07) is 9.55. The number of piperazine rings is 1. The molecule has 0 radical (unpaired) electrons. The van der Waals surface area contributed by atoms with Gasteiger partial charge in [-0.1, -0.05) is 24.6 Å². The Morgan fingerprint density at radius 3 is 2.82 bits per heavy atom. The van der Waals surface area contributed by atoms with E-state index in [4.69, 9.17) is 11.6 Å². The molecule has 1 fully saturated rings. The molecular weight excluding hydrogens is 458 g/mol. The average Bonchev–Trinajstić information content (AvgIpc) is 3.52. The van der Waals surface area contributed by atoms with E-state index >= 15 is 0 Å². The van der Waals surface area contributed by atoms with Crippen LogP contribution in [0.1, 0.15) is 19.4 Å². The van der Waals surface area contributed by atoms with E-state index in [0.29, 0.717) is 5.02 Å². The number of halogens is 1. The SMILES string of the molecule is CCC(CN1CCN(S(=O)c2cccc(Cl)c2)CC1)n1cc(-c2ncnc3[nH]ccc23)cn1. The van der Waals surface area contributed by atoms with Crippen LogP contribution in [0.5, 0.6) is 0 Å². The maximum Gasteiger partial charge on any atom is 0.141 e. The summed E-state index contributed by atoms with van der Waals surface area (Å²) in [5.74, 6) is 0. The van der Waals surface area contributed by atoms with Crippen molar-refractivity contribution in [3.63, 3.8) is 0 Å². The molecule has 2 atom stereocenters. The molecule has 1 aliphatic rings. The monoisotopic (exact) mass is 483 g/mol. The fraction of sp³-hybridized carbons (Fsp3) is 0.348. The van der Waals surface area contributed by atoms with Crippen molar-refractivity contribution in [1.29, 1.82) is 0 Å². The number of fused-ring (bicyclic) bond motifs is 1. The Morgan fingerprint density at radius 1 is 1.18 bits per heavy atom. The second-order valence-corrected chi connectivity index (χ2v) is 10.1. The summed E-state index contributed by atoms with van der Waals surface area (Å²) in [4.78, 5) is 15.1. The summed E-state index contributed by atoms with van der Waals surface area (Å²) in [5, 5.41) is 6.27. The number of hydrogen-bond acceptors (Lipinski definition) is 5. The fourth-order valence-electron chi connectivity index (χ4n) is 4.26. The Hall–Kier alpha value is -2.59. The highest BCUT2D eigenvalue weighted by Gasteiger charge is 2.24. The smallest absolute Gasteiger partial charge is 0.141 e. The lowest BCUT2D eigenvalue weighted by molar-refractivity contribution is 0.163. The number of rotatable bonds is 7. The third-order valence-corrected chi connectivity index (χ3v) is 7.83. The summed E-state index contributed by atoms with van der Waals surface area (Å²) < 4.78 is 17.0. The number of nitrogens with zero attached hydrogens (tertiary/aromatic N) is 6. The highest BCUT2D eigenvalue weighted by atomic mass is 35.5. The molecule has 0 spiro atoms. The zero-order chi connectivity index (χ0) is 22.8. The molecule has 8 nitrogen and oxygen atoms in total. The minimum Gasteiger partial charge on any atom is -0.346 e. The van der Waals surface area contributed by atoms with Crippen LogP contribution in [0.25, 0.3) is 22.3 Å². The second kappa shape index (κ2) is 9.72. The van der Waals surface area contributed by atoms with Gasteiger partial charge in [-0.2, -0.15) is 5.10 Å². The predicted molar refractivity (Wildman–Crippen MR) is 130 cm³/mol. The summed E-state index contributed by atoms with van der Waals surface area (Å²) in [6.07, 6.45) is 8.38. The molecule has 0 aliphatic carbocycles. The first-order chi connectivity index (χ1) is 16.1. The molecule has 1 aliphatic heterocycles. The van der Waals surface area contributed by atoms with Crippen molar-refractivity contribution in [2.45, 2.75) is 24.3 Å². The van der Waals surface area contributed by atoms with E-state index in [9.17, 15) is 4.21 Å². The topological polar surface area (TPSA) is 82.9 Å². The van der Waals surface area contributed by atoms with Crippen LogP contribution in [0.4, 0.5) is 0 Å². The molecule has 4 heterocycles. The molecule has 0 amide bonds. The van der Waals surface area contributed by atoms with Gasteiger partial charge in [-0.15, -0.1) is 0 Å². The number of benzene rings is 1. The van der Waals surface area contributed by atoms with Gasteiger partial charge in [0.15, 0.2) is 0 Å². The molecule has 1 saturated heterocycles. The Morgan fingerprint density at radius 2 is 2.03 bits per heavy atom. The molecule has 10 heteroatoms. The van der Waals surface area contributed by atoms with Crippen LogP contribution >= 0.6 is 11.6 Å². The maximum atomic E-state index is 12.9. The zero-order valence-electron chi connectivity index (χ0n) is 18.4. The van der Waals surface area contributed by atoms with E-state index in [0.717, 1.165) is 66.3 Å². The van der Waals surface area contributed by atoms with Gasteiger partial charge in [0.25, 0.3) is 0 Å². The Balaban J connectivity index is 1.23. The quantitative estimate of drug-likeness (QED) is 0.432. The Kier molecular flexibility index (Phi) is 6.55. The summed E-state index contributed by atoms with van der Waals surface area (Å²) in [7, 11) is -1.18. The van der Waals surface area contributed by atoms with Gasteiger partial charge in [0, 0.05) is 61.1 Å². The van der Waals surface area contributed by atoms with Gasteiger partial charge in [0.05, 0.1) is 22.8 Å². The van der Waals surface area contributed by atoms with Crippen molar-refractivity contribution in [2.75, 3.05) is 32.7 Å². The minimum atomic E-state index is -1.18. The summed E-state index contributed by atoms with van der Waals surface area (Å²) in [5.41, 5.74) is 2.70. The fourth-order valence-corrected chi connectivity index (χ4v) is 5.73. The molecular formula is C23H26ClN7OS. The molecule has 2 unspecified atom stereocenters. The van der Waals surface area contributed by atoms with Crippen molar-refractivity contribution in [3.8, 4) is 11.3 Å². The standard InChI is InChI=1S/C23H26ClN7OS/c1-2-19(31-14-17(13-28-31)22-21-6-7-25-23(21)27-16-26-22)15-29-8-10-30(11-9-29)33(32)20-5-3-4-18(24)12-20/h3-7,12-14,16,19H,2,8-11,15H2,1H3,(H,25,26,27). The van der Waals surface area contributed by atoms with Gasteiger partial charge in [-0.3, -0.25) is 9.58 Å². The van der Waals surface area contributed by atoms with Crippen molar-refractivity contribution in [2.24, 2.45) is 0 Å². The van der Waals surface area contributed by atoms with Crippen molar-refractivity contribution < 1.29 is 4.21 Å². The van der Waals surface area contributed by atoms with Gasteiger partial charge in [-0.25, -0.2) is 18.5 Å². The first kappa shape index (κ1) is 22.2. The zero-order valence-corrected chi connectivity index (χ0v) is 20.0. The molecule has 5 rings (SSSR count). The number of nitrogens with one attached hydrogen (secondary N) is 1. The largest absolute Gasteiger partial charge is 0.346 e. The molecule has 4 aromatic rings. The first-order valence-corrected chi connectivity index (χ1v) is 12.6.